The lowest BCUT2D eigenvalue weighted by Gasteiger charge is -2.35. The Morgan fingerprint density at radius 1 is 1.08 bits per heavy atom. The van der Waals surface area contributed by atoms with E-state index in [4.69, 9.17) is 9.47 Å². The largest absolute Gasteiger partial charge is 0.496 e. The fourth-order valence-corrected chi connectivity index (χ4v) is 5.50. The van der Waals surface area contributed by atoms with Gasteiger partial charge in [-0.25, -0.2) is 9.59 Å². The average molecular weight is 523 g/mol. The molecule has 0 aromatic heterocycles. The van der Waals surface area contributed by atoms with Crippen molar-refractivity contribution in [1.82, 2.24) is 10.2 Å². The van der Waals surface area contributed by atoms with Gasteiger partial charge in [-0.15, -0.1) is 0 Å². The molecule has 38 heavy (non-hydrogen) atoms. The molecule has 0 bridgehead atoms. The lowest BCUT2D eigenvalue weighted by atomic mass is 9.72. The molecule has 0 radical (unpaired) electrons. The highest BCUT2D eigenvalue weighted by atomic mass is 16.6. The summed E-state index contributed by atoms with van der Waals surface area (Å²) in [6.07, 6.45) is 0.809. The molecular formula is C31H42N2O5. The van der Waals surface area contributed by atoms with Crippen LogP contribution in [0.25, 0.3) is 0 Å². The third-order valence-electron chi connectivity index (χ3n) is 7.27. The molecule has 1 saturated heterocycles. The molecule has 4 atom stereocenters. The Labute approximate surface area is 226 Å². The summed E-state index contributed by atoms with van der Waals surface area (Å²) in [6, 6.07) is 13.7. The lowest BCUT2D eigenvalue weighted by molar-refractivity contribution is -0.144. The van der Waals surface area contributed by atoms with Gasteiger partial charge in [0.2, 0.25) is 0 Å². The molecule has 7 nitrogen and oxygen atoms in total. The molecule has 0 saturated carbocycles. The topological polar surface area (TPSA) is 88.1 Å². The summed E-state index contributed by atoms with van der Waals surface area (Å²) in [5.74, 6) is -0.722. The molecule has 2 N–H and O–H groups in total. The molecular weight excluding hydrogens is 480 g/mol. The van der Waals surface area contributed by atoms with E-state index in [1.165, 1.54) is 16.5 Å². The number of carboxylic acid groups (broad SMARTS) is 1. The minimum absolute atomic E-state index is 0.00173. The monoisotopic (exact) mass is 522 g/mol. The number of rotatable bonds is 8. The minimum Gasteiger partial charge on any atom is -0.496 e. The van der Waals surface area contributed by atoms with Crippen molar-refractivity contribution in [3.8, 4) is 5.75 Å². The van der Waals surface area contributed by atoms with Gasteiger partial charge in [0.05, 0.1) is 13.2 Å². The van der Waals surface area contributed by atoms with Crippen molar-refractivity contribution >= 4 is 12.1 Å². The Kier molecular flexibility index (Phi) is 8.93. The first-order valence-corrected chi connectivity index (χ1v) is 13.1. The fraction of sp³-hybridized carbons (Fsp3) is 0.484. The Hall–Kier alpha value is -3.32. The maximum Gasteiger partial charge on any atom is 0.411 e. The first-order valence-electron chi connectivity index (χ1n) is 13.1. The van der Waals surface area contributed by atoms with Crippen LogP contribution >= 0.6 is 0 Å². The first-order chi connectivity index (χ1) is 17.8. The smallest absolute Gasteiger partial charge is 0.411 e. The number of nitrogens with one attached hydrogen (secondary N) is 1. The van der Waals surface area contributed by atoms with Crippen LogP contribution in [-0.2, 0) is 21.5 Å². The second-order valence-electron chi connectivity index (χ2n) is 12.0. The number of aliphatic carboxylic acids is 1. The number of likely N-dealkylation sites (tertiary alicyclic amines) is 1. The van der Waals surface area contributed by atoms with E-state index in [0.29, 0.717) is 6.54 Å². The highest BCUT2D eigenvalue weighted by molar-refractivity contribution is 5.82. The van der Waals surface area contributed by atoms with Gasteiger partial charge in [0.1, 0.15) is 18.4 Å². The van der Waals surface area contributed by atoms with Crippen LogP contribution in [0.3, 0.4) is 0 Å². The maximum absolute atomic E-state index is 13.4. The third kappa shape index (κ3) is 6.21. The van der Waals surface area contributed by atoms with Crippen molar-refractivity contribution < 1.29 is 24.2 Å². The number of hydrogen-bond acceptors (Lipinski definition) is 5. The van der Waals surface area contributed by atoms with E-state index in [1.54, 1.807) is 7.11 Å². The standard InChI is InChI=1S/C31H42N2O5/c1-9-17-38-29(36)33-26(20-13-11-10-12-14-20)25(24(31(5,6)7)27(33)28(34)35)32-19-21-18-22(30(2,3)4)15-16-23(21)37-8/h9-16,18,24-27,32H,1,17,19H2,2-8H3,(H,34,35)/t24-,25-,26-,27-/m0/s1. The minimum atomic E-state index is -1.09. The summed E-state index contributed by atoms with van der Waals surface area (Å²) in [5.41, 5.74) is 2.49. The number of nitrogens with zero attached hydrogens (tertiary/aromatic N) is 1. The van der Waals surface area contributed by atoms with Crippen LogP contribution in [0, 0.1) is 11.3 Å². The molecule has 0 unspecified atom stereocenters. The molecule has 1 aliphatic rings. The normalized spacial score (nSPS) is 21.7. The van der Waals surface area contributed by atoms with Crippen molar-refractivity contribution in [1.29, 1.82) is 0 Å². The number of ether oxygens (including phenoxy) is 2. The van der Waals surface area contributed by atoms with Gasteiger partial charge in [-0.2, -0.15) is 0 Å². The number of benzene rings is 2. The van der Waals surface area contributed by atoms with E-state index >= 15 is 0 Å². The van der Waals surface area contributed by atoms with Gasteiger partial charge >= 0.3 is 12.1 Å². The zero-order valence-electron chi connectivity index (χ0n) is 23.7. The number of methoxy groups -OCH3 is 1. The molecule has 1 heterocycles. The van der Waals surface area contributed by atoms with E-state index < -0.39 is 35.5 Å². The van der Waals surface area contributed by atoms with Crippen LogP contribution in [0.15, 0.2) is 61.2 Å². The molecule has 2 aromatic carbocycles. The molecule has 2 aromatic rings. The average Bonchev–Trinajstić information content (AvgIpc) is 3.22. The van der Waals surface area contributed by atoms with Gasteiger partial charge in [-0.1, -0.05) is 96.7 Å². The number of carboxylic acids is 1. The van der Waals surface area contributed by atoms with Crippen LogP contribution in [-0.4, -0.2) is 47.9 Å². The lowest BCUT2D eigenvalue weighted by Crippen LogP contribution is -2.48. The Morgan fingerprint density at radius 3 is 2.26 bits per heavy atom. The van der Waals surface area contributed by atoms with Crippen molar-refractivity contribution in [2.45, 2.75) is 71.6 Å². The van der Waals surface area contributed by atoms with E-state index in [9.17, 15) is 14.7 Å². The Balaban J connectivity index is 2.13. The van der Waals surface area contributed by atoms with Crippen LogP contribution in [0.4, 0.5) is 4.79 Å². The van der Waals surface area contributed by atoms with Crippen molar-refractivity contribution in [2.75, 3.05) is 13.7 Å². The first kappa shape index (κ1) is 29.2. The van der Waals surface area contributed by atoms with Crippen LogP contribution in [0.1, 0.15) is 64.3 Å². The SMILES string of the molecule is C=CCOC(=O)N1[C@H](C(=O)O)[C@@H](C(C)(C)C)[C@H](NCc2cc(C(C)(C)C)ccc2OC)[C@@H]1c1ccccc1. The summed E-state index contributed by atoms with van der Waals surface area (Å²) < 4.78 is 11.1. The molecule has 1 amide bonds. The number of hydrogen-bond donors (Lipinski definition) is 2. The van der Waals surface area contributed by atoms with E-state index in [1.807, 2.05) is 57.2 Å². The number of amides is 1. The predicted octanol–water partition coefficient (Wildman–Crippen LogP) is 5.95. The fourth-order valence-electron chi connectivity index (χ4n) is 5.50. The summed E-state index contributed by atoms with van der Waals surface area (Å²) >= 11 is 0. The Morgan fingerprint density at radius 2 is 1.74 bits per heavy atom. The predicted molar refractivity (Wildman–Crippen MR) is 149 cm³/mol. The molecule has 206 valence electrons. The van der Waals surface area contributed by atoms with Crippen LogP contribution < -0.4 is 10.1 Å². The van der Waals surface area contributed by atoms with Gasteiger partial charge in [-0.05, 0) is 28.0 Å². The second-order valence-corrected chi connectivity index (χ2v) is 12.0. The van der Waals surface area contributed by atoms with Gasteiger partial charge in [-0.3, -0.25) is 4.90 Å². The zero-order chi connectivity index (χ0) is 28.3. The van der Waals surface area contributed by atoms with E-state index in [0.717, 1.165) is 16.9 Å². The number of carbonyl (C=O) groups is 2. The van der Waals surface area contributed by atoms with E-state index in [2.05, 4.69) is 44.8 Å². The van der Waals surface area contributed by atoms with Crippen LogP contribution in [0.2, 0.25) is 0 Å². The van der Waals surface area contributed by atoms with Crippen molar-refractivity contribution in [2.24, 2.45) is 11.3 Å². The summed E-state index contributed by atoms with van der Waals surface area (Å²) in [6.45, 7) is 16.6. The molecule has 7 heteroatoms. The highest BCUT2D eigenvalue weighted by Crippen LogP contribution is 2.48. The molecule has 1 aliphatic heterocycles. The Bertz CT molecular complexity index is 1130. The van der Waals surface area contributed by atoms with Gasteiger partial charge in [0.15, 0.2) is 0 Å². The number of carbonyl (C=O) groups excluding carboxylic acids is 1. The molecule has 3 rings (SSSR count). The van der Waals surface area contributed by atoms with Crippen molar-refractivity contribution in [3.05, 3.63) is 77.9 Å². The van der Waals surface area contributed by atoms with Crippen LogP contribution in [0.5, 0.6) is 5.75 Å². The maximum atomic E-state index is 13.4. The quantitative estimate of drug-likeness (QED) is 0.417. The summed E-state index contributed by atoms with van der Waals surface area (Å²) in [4.78, 5) is 27.6. The van der Waals surface area contributed by atoms with Crippen molar-refractivity contribution in [3.63, 3.8) is 0 Å². The summed E-state index contributed by atoms with van der Waals surface area (Å²) in [5, 5.41) is 14.1. The van der Waals surface area contributed by atoms with E-state index in [-0.39, 0.29) is 18.1 Å². The molecule has 0 spiro atoms. The molecule has 1 fully saturated rings. The molecule has 0 aliphatic carbocycles. The third-order valence-corrected chi connectivity index (χ3v) is 7.27. The highest BCUT2D eigenvalue weighted by Gasteiger charge is 2.58. The summed E-state index contributed by atoms with van der Waals surface area (Å²) in [7, 11) is 1.65. The second kappa shape index (κ2) is 11.6. The van der Waals surface area contributed by atoms with Gasteiger partial charge in [0, 0.05) is 24.1 Å². The zero-order valence-corrected chi connectivity index (χ0v) is 23.7. The van der Waals surface area contributed by atoms with Gasteiger partial charge in [0.25, 0.3) is 0 Å². The van der Waals surface area contributed by atoms with Gasteiger partial charge < -0.3 is 19.9 Å².